The Labute approximate surface area is 212 Å². The summed E-state index contributed by atoms with van der Waals surface area (Å²) in [6, 6.07) is 0. The first-order valence-corrected chi connectivity index (χ1v) is 12.0. The molecule has 0 aromatic carbocycles. The highest BCUT2D eigenvalue weighted by molar-refractivity contribution is 7.85. The molecule has 0 bridgehead atoms. The fraction of sp³-hybridized carbons (Fsp3) is 0.611. The lowest BCUT2D eigenvalue weighted by molar-refractivity contribution is -0.138. The number of carboxylic acid groups (broad SMARTS) is 2. The minimum absolute atomic E-state index is 0.0106. The highest BCUT2D eigenvalue weighted by Gasteiger charge is 2.08. The summed E-state index contributed by atoms with van der Waals surface area (Å²) in [5.41, 5.74) is 14.9. The molecule has 37 heavy (non-hydrogen) atoms. The van der Waals surface area contributed by atoms with Gasteiger partial charge in [-0.2, -0.15) is 8.42 Å². The van der Waals surface area contributed by atoms with Crippen LogP contribution in [0.4, 0.5) is 0 Å². The predicted octanol–water partition coefficient (Wildman–Crippen LogP) is -5.06. The van der Waals surface area contributed by atoms with Gasteiger partial charge >= 0.3 is 11.9 Å². The Morgan fingerprint density at radius 2 is 0.973 bits per heavy atom. The minimum Gasteiger partial charge on any atom is -0.480 e. The fourth-order valence-electron chi connectivity index (χ4n) is 1.63. The number of carbonyl (C=O) groups is 7. The van der Waals surface area contributed by atoms with Crippen LogP contribution in [0.5, 0.6) is 0 Å². The van der Waals surface area contributed by atoms with E-state index in [4.69, 9.17) is 32.0 Å². The number of Topliss-reactive ketones (excluding diaryl/α,β-unsaturated/α-hetero) is 2. The third kappa shape index (κ3) is 34.7. The predicted molar refractivity (Wildman–Crippen MR) is 126 cm³/mol. The molecular weight excluding hydrogens is 524 g/mol. The van der Waals surface area contributed by atoms with E-state index in [-0.39, 0.29) is 70.0 Å². The fourth-order valence-corrected chi connectivity index (χ4v) is 1.99. The first-order valence-electron chi connectivity index (χ1n) is 10.4. The van der Waals surface area contributed by atoms with Gasteiger partial charge in [-0.15, -0.1) is 0 Å². The molecule has 0 fully saturated rings. The molecule has 0 aliphatic rings. The van der Waals surface area contributed by atoms with E-state index >= 15 is 0 Å². The number of carbonyl (C=O) groups excluding carboxylic acids is 5. The molecule has 0 saturated carbocycles. The maximum absolute atomic E-state index is 11.0. The zero-order valence-electron chi connectivity index (χ0n) is 19.9. The summed E-state index contributed by atoms with van der Waals surface area (Å²) in [5, 5.41) is 22.6. The normalized spacial score (nSPS) is 9.84. The van der Waals surface area contributed by atoms with Crippen molar-refractivity contribution in [1.82, 2.24) is 16.0 Å². The molecular formula is C18H34N6O12S. The number of aliphatic carboxylic acids is 2. The van der Waals surface area contributed by atoms with Crippen LogP contribution in [0.1, 0.15) is 25.7 Å². The van der Waals surface area contributed by atoms with Crippen LogP contribution >= 0.6 is 0 Å². The van der Waals surface area contributed by atoms with E-state index in [0.717, 1.165) is 0 Å². The van der Waals surface area contributed by atoms with E-state index < -0.39 is 52.1 Å². The van der Waals surface area contributed by atoms with Gasteiger partial charge in [0.25, 0.3) is 10.1 Å². The van der Waals surface area contributed by atoms with E-state index in [1.807, 2.05) is 0 Å². The van der Waals surface area contributed by atoms with Crippen LogP contribution < -0.4 is 33.2 Å². The van der Waals surface area contributed by atoms with Gasteiger partial charge in [-0.1, -0.05) is 0 Å². The maximum Gasteiger partial charge on any atom is 0.322 e. The van der Waals surface area contributed by atoms with Crippen molar-refractivity contribution in [3.63, 3.8) is 0 Å². The van der Waals surface area contributed by atoms with Gasteiger partial charge in [0.2, 0.25) is 17.7 Å². The number of nitrogens with two attached hydrogens (primary N) is 3. The molecule has 0 rings (SSSR count). The Morgan fingerprint density at radius 3 is 1.30 bits per heavy atom. The second-order valence-electron chi connectivity index (χ2n) is 6.67. The van der Waals surface area contributed by atoms with Crippen molar-refractivity contribution in [2.45, 2.75) is 25.7 Å². The molecule has 0 atom stereocenters. The van der Waals surface area contributed by atoms with Gasteiger partial charge in [0.1, 0.15) is 24.7 Å². The number of nitrogens with one attached hydrogen (secondary N) is 3. The number of hydrogen-bond donors (Lipinski definition) is 9. The number of carboxylic acids is 2. The summed E-state index contributed by atoms with van der Waals surface area (Å²) in [5.74, 6) is -4.54. The summed E-state index contributed by atoms with van der Waals surface area (Å²) in [6.07, 6.45) is 0.0565. The molecule has 0 spiro atoms. The first-order chi connectivity index (χ1) is 17.1. The van der Waals surface area contributed by atoms with Gasteiger partial charge in [0, 0.05) is 32.2 Å². The number of hydrogen-bond acceptors (Lipinski definition) is 12. The summed E-state index contributed by atoms with van der Waals surface area (Å²) in [6.45, 7) is -1.34. The van der Waals surface area contributed by atoms with Gasteiger partial charge in [-0.25, -0.2) is 0 Å². The van der Waals surface area contributed by atoms with Crippen LogP contribution in [0.25, 0.3) is 0 Å². The number of amides is 3. The first kappa shape index (κ1) is 38.0. The van der Waals surface area contributed by atoms with Crippen molar-refractivity contribution in [3.8, 4) is 0 Å². The van der Waals surface area contributed by atoms with Crippen molar-refractivity contribution in [3.05, 3.63) is 0 Å². The average molecular weight is 559 g/mol. The molecule has 3 amide bonds. The molecule has 19 heteroatoms. The summed E-state index contributed by atoms with van der Waals surface area (Å²) < 4.78 is 28.9. The molecule has 0 aliphatic carbocycles. The average Bonchev–Trinajstić information content (AvgIpc) is 2.82. The molecule has 12 N–H and O–H groups in total. The van der Waals surface area contributed by atoms with Crippen molar-refractivity contribution < 1.29 is 56.7 Å². The minimum atomic E-state index is -4.06. The monoisotopic (exact) mass is 558 g/mol. The van der Waals surface area contributed by atoms with Crippen LogP contribution in [0, 0.1) is 0 Å². The van der Waals surface area contributed by atoms with Gasteiger partial charge in [0.15, 0.2) is 0 Å². The Kier molecular flexibility index (Phi) is 23.5. The Morgan fingerprint density at radius 1 is 0.595 bits per heavy atom. The maximum atomic E-state index is 11.0. The van der Waals surface area contributed by atoms with Gasteiger partial charge in [0.05, 0.1) is 25.4 Å². The highest BCUT2D eigenvalue weighted by atomic mass is 32.2. The Hall–Kier alpha value is -3.52. The summed E-state index contributed by atoms with van der Waals surface area (Å²) in [4.78, 5) is 73.1. The molecule has 0 aromatic rings. The summed E-state index contributed by atoms with van der Waals surface area (Å²) in [7, 11) is -4.06. The van der Waals surface area contributed by atoms with E-state index in [2.05, 4.69) is 16.0 Å². The van der Waals surface area contributed by atoms with Gasteiger partial charge in [-0.05, 0) is 0 Å². The molecule has 0 unspecified atom stereocenters. The SMILES string of the molecule is NCC(=O)CCC(=O)NCC(=O)O.NCC(=O)CCC(=O)NCCS(=O)(=O)O.NCC(=O)NCC(=O)O. The topological polar surface area (TPSA) is 328 Å². The van der Waals surface area contributed by atoms with Crippen LogP contribution in [0.3, 0.4) is 0 Å². The molecule has 18 nitrogen and oxygen atoms in total. The zero-order valence-corrected chi connectivity index (χ0v) is 20.8. The van der Waals surface area contributed by atoms with Crippen LogP contribution in [0.2, 0.25) is 0 Å². The number of rotatable bonds is 16. The largest absolute Gasteiger partial charge is 0.480 e. The van der Waals surface area contributed by atoms with E-state index in [9.17, 15) is 42.0 Å². The lowest BCUT2D eigenvalue weighted by atomic mass is 10.2. The summed E-state index contributed by atoms with van der Waals surface area (Å²) >= 11 is 0. The smallest absolute Gasteiger partial charge is 0.322 e. The molecule has 0 radical (unpaired) electrons. The molecule has 214 valence electrons. The molecule has 0 saturated heterocycles. The van der Waals surface area contributed by atoms with Gasteiger partial charge < -0.3 is 43.4 Å². The second kappa shape index (κ2) is 22.9. The van der Waals surface area contributed by atoms with Crippen molar-refractivity contribution >= 4 is 51.3 Å². The number of ketones is 2. The second-order valence-corrected chi connectivity index (χ2v) is 8.24. The third-order valence-electron chi connectivity index (χ3n) is 3.46. The van der Waals surface area contributed by atoms with E-state index in [1.54, 1.807) is 0 Å². The Balaban J connectivity index is -0.000000484. The van der Waals surface area contributed by atoms with Crippen LogP contribution in [0.15, 0.2) is 0 Å². The van der Waals surface area contributed by atoms with Crippen LogP contribution in [-0.4, -0.2) is 109 Å². The molecule has 0 aliphatic heterocycles. The van der Waals surface area contributed by atoms with Crippen molar-refractivity contribution in [2.24, 2.45) is 17.2 Å². The van der Waals surface area contributed by atoms with Crippen molar-refractivity contribution in [1.29, 1.82) is 0 Å². The third-order valence-corrected chi connectivity index (χ3v) is 4.18. The quantitative estimate of drug-likeness (QED) is 0.0800. The highest BCUT2D eigenvalue weighted by Crippen LogP contribution is 1.90. The van der Waals surface area contributed by atoms with Crippen LogP contribution in [-0.2, 0) is 43.7 Å². The molecule has 0 heterocycles. The lowest BCUT2D eigenvalue weighted by Crippen LogP contribution is -2.34. The zero-order chi connectivity index (χ0) is 29.4. The van der Waals surface area contributed by atoms with Crippen molar-refractivity contribution in [2.75, 3.05) is 45.0 Å². The van der Waals surface area contributed by atoms with E-state index in [0.29, 0.717) is 0 Å². The lowest BCUT2D eigenvalue weighted by Gasteiger charge is -2.02. The van der Waals surface area contributed by atoms with Gasteiger partial charge in [-0.3, -0.25) is 38.1 Å². The van der Waals surface area contributed by atoms with E-state index in [1.165, 1.54) is 0 Å². The Bertz CT molecular complexity index is 878. The standard InChI is InChI=1S/C7H14N2O5S.C7H12N2O4.C4H8N2O3/c8-5-6(10)1-2-7(11)9-3-4-15(12,13)14;8-3-5(10)1-2-6(11)9-4-7(12)13;5-1-3(7)6-2-4(8)9/h1-5,8H2,(H,9,11)(H,12,13,14);1-4,8H2,(H,9,11)(H,12,13);1-2,5H2,(H,6,7)(H,8,9). The molecule has 0 aromatic heterocycles.